The second kappa shape index (κ2) is 5.10. The Morgan fingerprint density at radius 1 is 1.18 bits per heavy atom. The van der Waals surface area contributed by atoms with Crippen LogP contribution in [-0.2, 0) is 0 Å². The minimum absolute atomic E-state index is 0.0767. The Labute approximate surface area is 101 Å². The van der Waals surface area contributed by atoms with Crippen LogP contribution in [0.25, 0.3) is 0 Å². The Hall–Kier alpha value is -1.00. The van der Waals surface area contributed by atoms with Crippen LogP contribution < -0.4 is 5.32 Å². The van der Waals surface area contributed by atoms with Gasteiger partial charge >= 0.3 is 0 Å². The lowest BCUT2D eigenvalue weighted by molar-refractivity contribution is 0.182. The SMILES string of the molecule is Cc1cc(F)c(C(C)N2CCNCC2)cc1F. The van der Waals surface area contributed by atoms with Crippen LogP contribution >= 0.6 is 0 Å². The number of nitrogens with zero attached hydrogens (tertiary/aromatic N) is 1. The van der Waals surface area contributed by atoms with Crippen molar-refractivity contribution in [3.63, 3.8) is 0 Å². The quantitative estimate of drug-likeness (QED) is 0.853. The summed E-state index contributed by atoms with van der Waals surface area (Å²) in [6, 6.07) is 2.54. The van der Waals surface area contributed by atoms with E-state index in [2.05, 4.69) is 10.2 Å². The minimum Gasteiger partial charge on any atom is -0.314 e. The molecule has 1 heterocycles. The largest absolute Gasteiger partial charge is 0.314 e. The summed E-state index contributed by atoms with van der Waals surface area (Å²) in [7, 11) is 0. The van der Waals surface area contributed by atoms with E-state index in [0.29, 0.717) is 11.1 Å². The van der Waals surface area contributed by atoms with E-state index in [0.717, 1.165) is 26.2 Å². The van der Waals surface area contributed by atoms with Crippen LogP contribution in [0.2, 0.25) is 0 Å². The summed E-state index contributed by atoms with van der Waals surface area (Å²) in [5.74, 6) is -0.640. The molecule has 0 radical (unpaired) electrons. The fourth-order valence-electron chi connectivity index (χ4n) is 2.25. The van der Waals surface area contributed by atoms with Crippen molar-refractivity contribution in [1.29, 1.82) is 0 Å². The lowest BCUT2D eigenvalue weighted by Gasteiger charge is -2.33. The van der Waals surface area contributed by atoms with Gasteiger partial charge in [-0.15, -0.1) is 0 Å². The smallest absolute Gasteiger partial charge is 0.128 e. The molecular formula is C13H18F2N2. The van der Waals surface area contributed by atoms with Gasteiger partial charge in [-0.2, -0.15) is 0 Å². The molecule has 1 atom stereocenters. The van der Waals surface area contributed by atoms with E-state index >= 15 is 0 Å². The summed E-state index contributed by atoms with van der Waals surface area (Å²) in [5, 5.41) is 3.25. The zero-order chi connectivity index (χ0) is 12.4. The third kappa shape index (κ3) is 2.64. The van der Waals surface area contributed by atoms with Crippen molar-refractivity contribution >= 4 is 0 Å². The average molecular weight is 240 g/mol. The van der Waals surface area contributed by atoms with E-state index in [4.69, 9.17) is 0 Å². The first-order chi connectivity index (χ1) is 8.09. The highest BCUT2D eigenvalue weighted by Crippen LogP contribution is 2.25. The van der Waals surface area contributed by atoms with Crippen LogP contribution in [0.1, 0.15) is 24.1 Å². The molecule has 1 aliphatic rings. The first kappa shape index (κ1) is 12.5. The topological polar surface area (TPSA) is 15.3 Å². The van der Waals surface area contributed by atoms with Crippen molar-refractivity contribution in [2.45, 2.75) is 19.9 Å². The molecule has 1 aromatic carbocycles. The van der Waals surface area contributed by atoms with Gasteiger partial charge in [-0.1, -0.05) is 0 Å². The summed E-state index contributed by atoms with van der Waals surface area (Å²) in [5.41, 5.74) is 0.814. The molecular weight excluding hydrogens is 222 g/mol. The van der Waals surface area contributed by atoms with Gasteiger partial charge in [0.25, 0.3) is 0 Å². The molecule has 94 valence electrons. The van der Waals surface area contributed by atoms with Crippen molar-refractivity contribution in [2.75, 3.05) is 26.2 Å². The van der Waals surface area contributed by atoms with Gasteiger partial charge in [0.05, 0.1) is 0 Å². The molecule has 0 aromatic heterocycles. The van der Waals surface area contributed by atoms with Gasteiger partial charge in [0.2, 0.25) is 0 Å². The molecule has 4 heteroatoms. The van der Waals surface area contributed by atoms with Crippen molar-refractivity contribution in [3.05, 3.63) is 34.9 Å². The predicted octanol–water partition coefficient (Wildman–Crippen LogP) is 2.24. The van der Waals surface area contributed by atoms with Crippen molar-refractivity contribution in [2.24, 2.45) is 0 Å². The number of aryl methyl sites for hydroxylation is 1. The second-order valence-corrected chi connectivity index (χ2v) is 4.58. The number of nitrogens with one attached hydrogen (secondary N) is 1. The van der Waals surface area contributed by atoms with Gasteiger partial charge in [-0.25, -0.2) is 8.78 Å². The molecule has 1 fully saturated rings. The van der Waals surface area contributed by atoms with E-state index in [9.17, 15) is 8.78 Å². The molecule has 0 aliphatic carbocycles. The lowest BCUT2D eigenvalue weighted by atomic mass is 10.0. The maximum Gasteiger partial charge on any atom is 0.128 e. The molecule has 2 nitrogen and oxygen atoms in total. The van der Waals surface area contributed by atoms with E-state index in [-0.39, 0.29) is 17.7 Å². The summed E-state index contributed by atoms with van der Waals surface area (Å²) in [6.07, 6.45) is 0. The second-order valence-electron chi connectivity index (χ2n) is 4.58. The van der Waals surface area contributed by atoms with E-state index in [1.807, 2.05) is 6.92 Å². The van der Waals surface area contributed by atoms with Gasteiger partial charge in [-0.3, -0.25) is 4.90 Å². The lowest BCUT2D eigenvalue weighted by Crippen LogP contribution is -2.44. The fourth-order valence-corrected chi connectivity index (χ4v) is 2.25. The highest BCUT2D eigenvalue weighted by atomic mass is 19.1. The van der Waals surface area contributed by atoms with Crippen LogP contribution in [0.3, 0.4) is 0 Å². The Bertz CT molecular complexity index is 401. The first-order valence-corrected chi connectivity index (χ1v) is 6.00. The maximum atomic E-state index is 13.8. The summed E-state index contributed by atoms with van der Waals surface area (Å²) in [4.78, 5) is 2.17. The number of rotatable bonds is 2. The van der Waals surface area contributed by atoms with Gasteiger partial charge in [0, 0.05) is 37.8 Å². The predicted molar refractivity (Wildman–Crippen MR) is 64.0 cm³/mol. The zero-order valence-corrected chi connectivity index (χ0v) is 10.3. The fraction of sp³-hybridized carbons (Fsp3) is 0.538. The van der Waals surface area contributed by atoms with Crippen LogP contribution in [0.4, 0.5) is 8.78 Å². The Morgan fingerprint density at radius 3 is 2.47 bits per heavy atom. The van der Waals surface area contributed by atoms with Gasteiger partial charge in [0.15, 0.2) is 0 Å². The number of hydrogen-bond donors (Lipinski definition) is 1. The van der Waals surface area contributed by atoms with Gasteiger partial charge in [0.1, 0.15) is 11.6 Å². The Morgan fingerprint density at radius 2 is 1.82 bits per heavy atom. The summed E-state index contributed by atoms with van der Waals surface area (Å²) >= 11 is 0. The number of hydrogen-bond acceptors (Lipinski definition) is 2. The normalized spacial score (nSPS) is 19.3. The monoisotopic (exact) mass is 240 g/mol. The highest BCUT2D eigenvalue weighted by Gasteiger charge is 2.21. The number of halogens is 2. The average Bonchev–Trinajstić information content (AvgIpc) is 2.34. The summed E-state index contributed by atoms with van der Waals surface area (Å²) < 4.78 is 27.3. The Kier molecular flexibility index (Phi) is 3.74. The molecule has 1 aromatic rings. The zero-order valence-electron chi connectivity index (χ0n) is 10.3. The van der Waals surface area contributed by atoms with Crippen molar-refractivity contribution in [1.82, 2.24) is 10.2 Å². The molecule has 0 bridgehead atoms. The molecule has 0 spiro atoms. The molecule has 2 rings (SSSR count). The van der Waals surface area contributed by atoms with E-state index in [1.54, 1.807) is 6.92 Å². The highest BCUT2D eigenvalue weighted by molar-refractivity contribution is 5.27. The maximum absolute atomic E-state index is 13.8. The molecule has 0 amide bonds. The van der Waals surface area contributed by atoms with Crippen LogP contribution in [0.5, 0.6) is 0 Å². The number of piperazine rings is 1. The van der Waals surface area contributed by atoms with E-state index < -0.39 is 0 Å². The minimum atomic E-state index is -0.330. The third-order valence-electron chi connectivity index (χ3n) is 3.43. The molecule has 1 aliphatic heterocycles. The van der Waals surface area contributed by atoms with Gasteiger partial charge in [-0.05, 0) is 31.5 Å². The van der Waals surface area contributed by atoms with Crippen LogP contribution in [-0.4, -0.2) is 31.1 Å². The number of benzene rings is 1. The standard InChI is InChI=1S/C13H18F2N2/c1-9-7-13(15)11(8-12(9)14)10(2)17-5-3-16-4-6-17/h7-8,10,16H,3-6H2,1-2H3. The summed E-state index contributed by atoms with van der Waals surface area (Å²) in [6.45, 7) is 7.06. The molecule has 1 N–H and O–H groups in total. The Balaban J connectivity index is 2.23. The van der Waals surface area contributed by atoms with Crippen LogP contribution in [0.15, 0.2) is 12.1 Å². The van der Waals surface area contributed by atoms with Crippen molar-refractivity contribution < 1.29 is 8.78 Å². The molecule has 0 saturated carbocycles. The molecule has 17 heavy (non-hydrogen) atoms. The van der Waals surface area contributed by atoms with Gasteiger partial charge < -0.3 is 5.32 Å². The van der Waals surface area contributed by atoms with E-state index in [1.165, 1.54) is 12.1 Å². The first-order valence-electron chi connectivity index (χ1n) is 6.00. The molecule has 1 saturated heterocycles. The molecule has 1 unspecified atom stereocenters. The van der Waals surface area contributed by atoms with Crippen LogP contribution in [0, 0.1) is 18.6 Å². The third-order valence-corrected chi connectivity index (χ3v) is 3.43. The van der Waals surface area contributed by atoms with Crippen molar-refractivity contribution in [3.8, 4) is 0 Å².